The maximum atomic E-state index is 11.3. The fourth-order valence-corrected chi connectivity index (χ4v) is 2.26. The van der Waals surface area contributed by atoms with Crippen LogP contribution in [0.4, 0.5) is 0 Å². The van der Waals surface area contributed by atoms with Crippen molar-refractivity contribution in [2.24, 2.45) is 5.92 Å². The Balaban J connectivity index is 2.49. The molecule has 4 nitrogen and oxygen atoms in total. The van der Waals surface area contributed by atoms with E-state index in [2.05, 4.69) is 24.2 Å². The maximum Gasteiger partial charge on any atom is 0.323 e. The number of nitrogens with zero attached hydrogens (tertiary/aromatic N) is 1. The number of hydrogen-bond donors (Lipinski definition) is 2. The minimum atomic E-state index is -0.814. The number of aliphatic carboxylic acids is 1. The van der Waals surface area contributed by atoms with Gasteiger partial charge in [-0.15, -0.1) is 0 Å². The summed E-state index contributed by atoms with van der Waals surface area (Å²) in [4.78, 5) is 13.6. The Hall–Kier alpha value is -0.610. The first-order valence-electron chi connectivity index (χ1n) is 6.57. The van der Waals surface area contributed by atoms with Gasteiger partial charge in [-0.1, -0.05) is 6.92 Å². The zero-order valence-electron chi connectivity index (χ0n) is 11.5. The van der Waals surface area contributed by atoms with Gasteiger partial charge in [-0.25, -0.2) is 0 Å². The SMILES string of the molecule is CCNC(C)(CC(C)N(C)CC1CC1)C(=O)O. The zero-order chi connectivity index (χ0) is 13.1. The van der Waals surface area contributed by atoms with Crippen molar-refractivity contribution in [3.05, 3.63) is 0 Å². The van der Waals surface area contributed by atoms with Crippen molar-refractivity contribution >= 4 is 5.97 Å². The molecule has 1 saturated carbocycles. The molecule has 0 aromatic heterocycles. The van der Waals surface area contributed by atoms with E-state index in [1.807, 2.05) is 6.92 Å². The van der Waals surface area contributed by atoms with Crippen LogP contribution >= 0.6 is 0 Å². The smallest absolute Gasteiger partial charge is 0.323 e. The topological polar surface area (TPSA) is 52.6 Å². The highest BCUT2D eigenvalue weighted by molar-refractivity contribution is 5.78. The van der Waals surface area contributed by atoms with Crippen LogP contribution in [0.25, 0.3) is 0 Å². The molecule has 0 amide bonds. The second-order valence-electron chi connectivity index (χ2n) is 5.60. The van der Waals surface area contributed by atoms with E-state index in [0.717, 1.165) is 12.5 Å². The van der Waals surface area contributed by atoms with Crippen molar-refractivity contribution < 1.29 is 9.90 Å². The summed E-state index contributed by atoms with van der Waals surface area (Å²) in [5, 5.41) is 12.4. The first-order chi connectivity index (χ1) is 7.89. The normalized spacial score (nSPS) is 21.2. The Morgan fingerprint density at radius 1 is 1.59 bits per heavy atom. The zero-order valence-corrected chi connectivity index (χ0v) is 11.5. The van der Waals surface area contributed by atoms with Gasteiger partial charge < -0.3 is 15.3 Å². The van der Waals surface area contributed by atoms with E-state index in [1.165, 1.54) is 12.8 Å². The summed E-state index contributed by atoms with van der Waals surface area (Å²) in [6.07, 6.45) is 3.31. The van der Waals surface area contributed by atoms with Crippen LogP contribution in [0.15, 0.2) is 0 Å². The number of rotatable bonds is 8. The lowest BCUT2D eigenvalue weighted by molar-refractivity contribution is -0.145. The van der Waals surface area contributed by atoms with E-state index < -0.39 is 11.5 Å². The molecule has 0 aromatic rings. The molecule has 0 aromatic carbocycles. The van der Waals surface area contributed by atoms with Gasteiger partial charge in [-0.2, -0.15) is 0 Å². The summed E-state index contributed by atoms with van der Waals surface area (Å²) >= 11 is 0. The highest BCUT2D eigenvalue weighted by atomic mass is 16.4. The Bertz CT molecular complexity index is 266. The average Bonchev–Trinajstić information content (AvgIpc) is 3.01. The van der Waals surface area contributed by atoms with Crippen LogP contribution in [0, 0.1) is 5.92 Å². The van der Waals surface area contributed by atoms with Crippen molar-refractivity contribution in [3.63, 3.8) is 0 Å². The number of hydrogen-bond acceptors (Lipinski definition) is 3. The molecule has 1 rings (SSSR count). The second kappa shape index (κ2) is 5.83. The van der Waals surface area contributed by atoms with Gasteiger partial charge in [0.15, 0.2) is 0 Å². The third-order valence-corrected chi connectivity index (χ3v) is 3.74. The minimum Gasteiger partial charge on any atom is -0.480 e. The van der Waals surface area contributed by atoms with Crippen LogP contribution in [-0.4, -0.2) is 47.7 Å². The summed E-state index contributed by atoms with van der Waals surface area (Å²) in [6.45, 7) is 7.62. The highest BCUT2D eigenvalue weighted by Crippen LogP contribution is 2.30. The summed E-state index contributed by atoms with van der Waals surface area (Å²) in [5.74, 6) is 0.0868. The fraction of sp³-hybridized carbons (Fsp3) is 0.923. The number of carboxylic acid groups (broad SMARTS) is 1. The maximum absolute atomic E-state index is 11.3. The third kappa shape index (κ3) is 4.28. The van der Waals surface area contributed by atoms with E-state index in [-0.39, 0.29) is 6.04 Å². The van der Waals surface area contributed by atoms with E-state index >= 15 is 0 Å². The molecule has 1 fully saturated rings. The molecule has 2 N–H and O–H groups in total. The molecule has 2 unspecified atom stereocenters. The molecule has 1 aliphatic carbocycles. The molecule has 0 heterocycles. The lowest BCUT2D eigenvalue weighted by Crippen LogP contribution is -2.53. The van der Waals surface area contributed by atoms with E-state index in [1.54, 1.807) is 6.92 Å². The Labute approximate surface area is 104 Å². The number of carboxylic acids is 1. The van der Waals surface area contributed by atoms with Gasteiger partial charge in [0, 0.05) is 12.6 Å². The predicted octanol–water partition coefficient (Wildman–Crippen LogP) is 1.56. The molecule has 0 aliphatic heterocycles. The largest absolute Gasteiger partial charge is 0.480 e. The molecule has 4 heteroatoms. The van der Waals surface area contributed by atoms with Gasteiger partial charge in [-0.3, -0.25) is 4.79 Å². The molecule has 0 saturated heterocycles. The summed E-state index contributed by atoms with van der Waals surface area (Å²) in [5.41, 5.74) is -0.814. The predicted molar refractivity (Wildman–Crippen MR) is 69.2 cm³/mol. The fourth-order valence-electron chi connectivity index (χ4n) is 2.26. The van der Waals surface area contributed by atoms with Crippen LogP contribution in [-0.2, 0) is 4.79 Å². The molecule has 0 bridgehead atoms. The molecule has 17 heavy (non-hydrogen) atoms. The van der Waals surface area contributed by atoms with E-state index in [4.69, 9.17) is 0 Å². The number of carbonyl (C=O) groups is 1. The van der Waals surface area contributed by atoms with Crippen LogP contribution in [0.5, 0.6) is 0 Å². The standard InChI is InChI=1S/C13H26N2O2/c1-5-14-13(3,12(16)17)8-10(2)15(4)9-11-6-7-11/h10-11,14H,5-9H2,1-4H3,(H,16,17). The van der Waals surface area contributed by atoms with Gasteiger partial charge >= 0.3 is 5.97 Å². The summed E-state index contributed by atoms with van der Waals surface area (Å²) < 4.78 is 0. The Morgan fingerprint density at radius 2 is 2.18 bits per heavy atom. The van der Waals surface area contributed by atoms with Gasteiger partial charge in [0.1, 0.15) is 5.54 Å². The van der Waals surface area contributed by atoms with Crippen molar-refractivity contribution in [1.29, 1.82) is 0 Å². The Morgan fingerprint density at radius 3 is 2.59 bits per heavy atom. The molecule has 100 valence electrons. The van der Waals surface area contributed by atoms with Gasteiger partial charge in [-0.05, 0) is 52.6 Å². The molecule has 0 spiro atoms. The molecular formula is C13H26N2O2. The molecule has 1 aliphatic rings. The second-order valence-corrected chi connectivity index (χ2v) is 5.60. The lowest BCUT2D eigenvalue weighted by atomic mass is 9.93. The van der Waals surface area contributed by atoms with Crippen LogP contribution in [0.3, 0.4) is 0 Å². The van der Waals surface area contributed by atoms with Crippen LogP contribution in [0.2, 0.25) is 0 Å². The first-order valence-corrected chi connectivity index (χ1v) is 6.57. The van der Waals surface area contributed by atoms with Crippen molar-refractivity contribution in [2.45, 2.75) is 51.6 Å². The van der Waals surface area contributed by atoms with E-state index in [9.17, 15) is 9.90 Å². The average molecular weight is 242 g/mol. The third-order valence-electron chi connectivity index (χ3n) is 3.74. The van der Waals surface area contributed by atoms with Gasteiger partial charge in [0.2, 0.25) is 0 Å². The van der Waals surface area contributed by atoms with Crippen LogP contribution < -0.4 is 5.32 Å². The monoisotopic (exact) mass is 242 g/mol. The number of likely N-dealkylation sites (N-methyl/N-ethyl adjacent to an activating group) is 1. The Kier molecular flexibility index (Phi) is 4.95. The summed E-state index contributed by atoms with van der Waals surface area (Å²) in [6, 6.07) is 0.288. The van der Waals surface area contributed by atoms with Crippen molar-refractivity contribution in [1.82, 2.24) is 10.2 Å². The minimum absolute atomic E-state index is 0.288. The quantitative estimate of drug-likeness (QED) is 0.678. The highest BCUT2D eigenvalue weighted by Gasteiger charge is 2.35. The van der Waals surface area contributed by atoms with Crippen molar-refractivity contribution in [3.8, 4) is 0 Å². The lowest BCUT2D eigenvalue weighted by Gasteiger charge is -2.33. The van der Waals surface area contributed by atoms with Gasteiger partial charge in [0.25, 0.3) is 0 Å². The molecular weight excluding hydrogens is 216 g/mol. The summed E-state index contributed by atoms with van der Waals surface area (Å²) in [7, 11) is 2.09. The van der Waals surface area contributed by atoms with Gasteiger partial charge in [0.05, 0.1) is 0 Å². The molecule has 2 atom stereocenters. The van der Waals surface area contributed by atoms with Crippen LogP contribution in [0.1, 0.15) is 40.0 Å². The van der Waals surface area contributed by atoms with Crippen molar-refractivity contribution in [2.75, 3.05) is 20.1 Å². The number of nitrogens with one attached hydrogen (secondary N) is 1. The van der Waals surface area contributed by atoms with E-state index in [0.29, 0.717) is 13.0 Å². The first kappa shape index (κ1) is 14.5. The molecule has 0 radical (unpaired) electrons.